The maximum absolute atomic E-state index is 5.99. The van der Waals surface area contributed by atoms with E-state index < -0.39 is 5.41 Å². The van der Waals surface area contributed by atoms with Gasteiger partial charge in [0.2, 0.25) is 0 Å². The first-order valence-corrected chi connectivity index (χ1v) is 41.8. The second-order valence-corrected chi connectivity index (χ2v) is 38.7. The predicted octanol–water partition coefficient (Wildman–Crippen LogP) is 22.9. The van der Waals surface area contributed by atoms with Crippen molar-refractivity contribution in [3.05, 3.63) is 262 Å². The molecule has 16 bridgehead atoms. The van der Waals surface area contributed by atoms with Crippen molar-refractivity contribution >= 4 is 34.1 Å². The van der Waals surface area contributed by atoms with E-state index in [1.54, 1.807) is 0 Å². The molecule has 530 valence electrons. The average molecular weight is 1390 g/mol. The average Bonchev–Trinajstić information content (AvgIpc) is 0.685. The summed E-state index contributed by atoms with van der Waals surface area (Å²) < 4.78 is 0. The largest absolute Gasteiger partial charge is 0.310 e. The molecule has 16 aliphatic carbocycles. The summed E-state index contributed by atoms with van der Waals surface area (Å²) in [7, 11) is 0. The fourth-order valence-electron chi connectivity index (χ4n) is 29.4. The highest BCUT2D eigenvalue weighted by Gasteiger charge is 2.61. The summed E-state index contributed by atoms with van der Waals surface area (Å²) in [6, 6.07) is 77.2. The summed E-state index contributed by atoms with van der Waals surface area (Å²) in [5.41, 5.74) is 18.4. The third kappa shape index (κ3) is 9.11. The SMILES string of the molecule is CC1(C)c2ccccc2N(c2ccc(-c3nc(C45CC6CC(CC(C6)C4)C5)nc(C45CC6CC(C4)C(c4ccc(C7(c8ccccc8)c8ccccc8N(c8ccc(-c9nc(C%10%11CC%12CC(CC(C%12)C%10)C%11)nc(C%10%11CC%12CC(CC(C%12)C%10)C%11)n9)cc8)c8ccccc87)cc4)C(C6)C5)n3)cc2)c2ccccc21. The minimum atomic E-state index is -0.587. The van der Waals surface area contributed by atoms with Crippen LogP contribution in [0.3, 0.4) is 0 Å². The van der Waals surface area contributed by atoms with Crippen LogP contribution in [0, 0.1) is 71.0 Å². The summed E-state index contributed by atoms with van der Waals surface area (Å²) >= 11 is 0. The van der Waals surface area contributed by atoms with E-state index in [1.807, 2.05) is 0 Å². The molecule has 16 fully saturated rings. The number of hydrogen-bond donors (Lipinski definition) is 0. The quantitative estimate of drug-likeness (QED) is 0.127. The number of rotatable bonds is 11. The van der Waals surface area contributed by atoms with E-state index in [0.717, 1.165) is 118 Å². The summed E-state index contributed by atoms with van der Waals surface area (Å²) in [5.74, 6) is 16.0. The van der Waals surface area contributed by atoms with Crippen LogP contribution in [0.5, 0.6) is 0 Å². The number of fused-ring (bicyclic) bond motifs is 4. The summed E-state index contributed by atoms with van der Waals surface area (Å²) in [6.45, 7) is 4.74. The number of hydrogen-bond acceptors (Lipinski definition) is 8. The first kappa shape index (κ1) is 62.4. The molecular formula is C98H98N8. The molecule has 8 aromatic carbocycles. The van der Waals surface area contributed by atoms with Crippen LogP contribution >= 0.6 is 0 Å². The molecule has 2 unspecified atom stereocenters. The van der Waals surface area contributed by atoms with Gasteiger partial charge in [-0.05, 0) is 336 Å². The Kier molecular flexibility index (Phi) is 13.3. The number of para-hydroxylation sites is 4. The third-order valence-electron chi connectivity index (χ3n) is 32.0. The molecule has 0 radical (unpaired) electrons. The summed E-state index contributed by atoms with van der Waals surface area (Å²) in [4.78, 5) is 39.9. The zero-order valence-electron chi connectivity index (χ0n) is 61.9. The van der Waals surface area contributed by atoms with Gasteiger partial charge in [0.1, 0.15) is 23.3 Å². The lowest BCUT2D eigenvalue weighted by Gasteiger charge is -2.60. The molecule has 2 aromatic heterocycles. The first-order chi connectivity index (χ1) is 51.9. The normalized spacial score (nSPS) is 34.8. The Morgan fingerprint density at radius 3 is 0.925 bits per heavy atom. The maximum Gasteiger partial charge on any atom is 0.163 e. The second kappa shape index (κ2) is 22.5. The van der Waals surface area contributed by atoms with E-state index in [4.69, 9.17) is 29.9 Å². The molecule has 8 heteroatoms. The Morgan fingerprint density at radius 2 is 0.566 bits per heavy atom. The van der Waals surface area contributed by atoms with Crippen LogP contribution in [0.15, 0.2) is 200 Å². The highest BCUT2D eigenvalue weighted by atomic mass is 15.2. The molecular weight excluding hydrogens is 1290 g/mol. The van der Waals surface area contributed by atoms with Crippen LogP contribution in [0.2, 0.25) is 0 Å². The Hall–Kier alpha value is -8.62. The van der Waals surface area contributed by atoms with Crippen molar-refractivity contribution in [3.8, 4) is 22.8 Å². The molecule has 2 atom stereocenters. The molecule has 18 aliphatic rings. The van der Waals surface area contributed by atoms with Gasteiger partial charge in [-0.2, -0.15) is 0 Å². The lowest BCUT2D eigenvalue weighted by molar-refractivity contribution is -0.0310. The first-order valence-electron chi connectivity index (χ1n) is 41.8. The summed E-state index contributed by atoms with van der Waals surface area (Å²) in [5, 5.41) is 0. The molecule has 0 N–H and O–H groups in total. The standard InChI is InChI=1S/C98H98N8/c1-93(2)78-16-6-10-20-82(78)105(83-21-11-7-17-79(83)93)76-32-26-71(27-33-76)88-101-91(96-53-65-42-66(54-96)44-67(43-65)55-96)104-92(102-88)97-56-68-45-72(57-97)86(73(46-68)58-97)69-24-30-75(31-25-69)98(74-14-4-3-5-15-74)80-18-8-12-22-84(80)106(85-23-13-9-19-81(85)98)77-34-28-70(29-35-77)87-99-89(94-47-59-36-60(48-94)38-61(37-59)49-94)103-90(100-87)95-50-62-39-63(51-95)41-64(40-62)52-95/h3-35,59-68,72-73,86H,36-58H2,1-2H3. The van der Waals surface area contributed by atoms with Crippen molar-refractivity contribution in [1.29, 1.82) is 0 Å². The van der Waals surface area contributed by atoms with E-state index in [2.05, 4.69) is 224 Å². The summed E-state index contributed by atoms with van der Waals surface area (Å²) in [6.07, 6.45) is 30.1. The Labute approximate surface area is 626 Å². The van der Waals surface area contributed by atoms with Crippen LogP contribution < -0.4 is 9.80 Å². The predicted molar refractivity (Wildman–Crippen MR) is 421 cm³/mol. The lowest BCUT2D eigenvalue weighted by Crippen LogP contribution is -2.53. The highest BCUT2D eigenvalue weighted by Crippen LogP contribution is 2.68. The van der Waals surface area contributed by atoms with E-state index in [-0.39, 0.29) is 27.1 Å². The zero-order valence-corrected chi connectivity index (χ0v) is 61.9. The van der Waals surface area contributed by atoms with Crippen molar-refractivity contribution in [2.24, 2.45) is 71.0 Å². The molecule has 0 saturated heterocycles. The van der Waals surface area contributed by atoms with E-state index in [9.17, 15) is 0 Å². The van der Waals surface area contributed by atoms with Gasteiger partial charge >= 0.3 is 0 Å². The van der Waals surface area contributed by atoms with Gasteiger partial charge < -0.3 is 9.80 Å². The van der Waals surface area contributed by atoms with Crippen LogP contribution in [-0.4, -0.2) is 29.9 Å². The maximum atomic E-state index is 5.99. The molecule has 16 saturated carbocycles. The number of nitrogens with zero attached hydrogens (tertiary/aromatic N) is 8. The van der Waals surface area contributed by atoms with E-state index in [0.29, 0.717) is 23.7 Å². The monoisotopic (exact) mass is 1390 g/mol. The number of aromatic nitrogens is 6. The third-order valence-corrected chi connectivity index (χ3v) is 32.0. The van der Waals surface area contributed by atoms with Crippen LogP contribution in [0.4, 0.5) is 34.1 Å². The molecule has 2 aliphatic heterocycles. The van der Waals surface area contributed by atoms with Gasteiger partial charge in [-0.15, -0.1) is 0 Å². The van der Waals surface area contributed by atoms with Crippen molar-refractivity contribution in [2.45, 2.75) is 200 Å². The molecule has 0 amide bonds. The van der Waals surface area contributed by atoms with Gasteiger partial charge in [-0.1, -0.05) is 141 Å². The lowest BCUT2D eigenvalue weighted by atomic mass is 9.45. The molecule has 10 aromatic rings. The minimum Gasteiger partial charge on any atom is -0.310 e. The molecule has 106 heavy (non-hydrogen) atoms. The van der Waals surface area contributed by atoms with Crippen molar-refractivity contribution in [1.82, 2.24) is 29.9 Å². The minimum absolute atomic E-state index is 0.0503. The number of benzene rings is 8. The van der Waals surface area contributed by atoms with Crippen molar-refractivity contribution in [2.75, 3.05) is 9.80 Å². The van der Waals surface area contributed by atoms with Crippen molar-refractivity contribution in [3.63, 3.8) is 0 Å². The topological polar surface area (TPSA) is 83.8 Å². The fraction of sp³-hybridized carbons (Fsp3) is 0.449. The van der Waals surface area contributed by atoms with Gasteiger partial charge in [-0.25, -0.2) is 29.9 Å². The van der Waals surface area contributed by atoms with E-state index in [1.165, 1.54) is 202 Å². The molecule has 8 nitrogen and oxygen atoms in total. The number of anilines is 6. The Balaban J connectivity index is 0.566. The van der Waals surface area contributed by atoms with Crippen LogP contribution in [-0.2, 0) is 32.5 Å². The zero-order chi connectivity index (χ0) is 69.6. The van der Waals surface area contributed by atoms with Gasteiger partial charge in [0.25, 0.3) is 0 Å². The molecule has 28 rings (SSSR count). The molecule has 4 heterocycles. The fourth-order valence-corrected chi connectivity index (χ4v) is 29.4. The van der Waals surface area contributed by atoms with Gasteiger partial charge in [-0.3, -0.25) is 0 Å². The van der Waals surface area contributed by atoms with E-state index >= 15 is 0 Å². The Bertz CT molecular complexity index is 4920. The van der Waals surface area contributed by atoms with Crippen LogP contribution in [0.1, 0.15) is 230 Å². The Morgan fingerprint density at radius 1 is 0.274 bits per heavy atom. The second-order valence-electron chi connectivity index (χ2n) is 38.7. The molecule has 0 spiro atoms. The van der Waals surface area contributed by atoms with Gasteiger partial charge in [0.05, 0.1) is 28.2 Å². The van der Waals surface area contributed by atoms with Crippen LogP contribution in [0.25, 0.3) is 22.8 Å². The van der Waals surface area contributed by atoms with Gasteiger partial charge in [0, 0.05) is 49.6 Å². The van der Waals surface area contributed by atoms with Crippen molar-refractivity contribution < 1.29 is 0 Å². The highest BCUT2D eigenvalue weighted by molar-refractivity contribution is 5.90. The van der Waals surface area contributed by atoms with Gasteiger partial charge in [0.15, 0.2) is 11.6 Å². The smallest absolute Gasteiger partial charge is 0.163 e.